The molecule has 3 aromatic rings. The standard InChI is InChI=1S/C23H23N3O3/c1-15-20-7-6-18(26-23(27)25-14-16-8-10-24-11-9-16)13-21(20)29-22(15)17-4-3-5-19(12-17)28-2/h3-13,15,22H,14H2,1-2H3,(H2,25,26,27)/t15-,22-/m0/s1. The van der Waals surface area contributed by atoms with Crippen LogP contribution in [0.1, 0.15) is 35.6 Å². The molecule has 0 saturated heterocycles. The molecule has 148 valence electrons. The summed E-state index contributed by atoms with van der Waals surface area (Å²) in [5.41, 5.74) is 3.87. The molecule has 0 saturated carbocycles. The average Bonchev–Trinajstić information content (AvgIpc) is 3.09. The van der Waals surface area contributed by atoms with Crippen molar-refractivity contribution in [3.63, 3.8) is 0 Å². The number of urea groups is 1. The third-order valence-corrected chi connectivity index (χ3v) is 5.09. The van der Waals surface area contributed by atoms with E-state index in [2.05, 4.69) is 22.5 Å². The maximum atomic E-state index is 12.2. The van der Waals surface area contributed by atoms with Gasteiger partial charge < -0.3 is 20.1 Å². The Balaban J connectivity index is 1.43. The van der Waals surface area contributed by atoms with Crippen LogP contribution in [0, 0.1) is 0 Å². The number of rotatable bonds is 5. The largest absolute Gasteiger partial charge is 0.497 e. The number of pyridine rings is 1. The van der Waals surface area contributed by atoms with Crippen molar-refractivity contribution in [1.82, 2.24) is 10.3 Å². The zero-order valence-electron chi connectivity index (χ0n) is 16.4. The van der Waals surface area contributed by atoms with Crippen LogP contribution in [-0.4, -0.2) is 18.1 Å². The predicted molar refractivity (Wildman–Crippen MR) is 111 cm³/mol. The number of anilines is 1. The Labute approximate surface area is 169 Å². The van der Waals surface area contributed by atoms with Crippen LogP contribution >= 0.6 is 0 Å². The minimum atomic E-state index is -0.267. The molecule has 0 bridgehead atoms. The van der Waals surface area contributed by atoms with Crippen molar-refractivity contribution >= 4 is 11.7 Å². The molecule has 6 nitrogen and oxygen atoms in total. The molecule has 2 atom stereocenters. The molecule has 0 unspecified atom stereocenters. The van der Waals surface area contributed by atoms with Gasteiger partial charge >= 0.3 is 6.03 Å². The molecule has 1 aromatic heterocycles. The number of amides is 2. The van der Waals surface area contributed by atoms with E-state index >= 15 is 0 Å². The van der Waals surface area contributed by atoms with Crippen LogP contribution in [0.3, 0.4) is 0 Å². The number of carbonyl (C=O) groups is 1. The molecule has 2 heterocycles. The second-order valence-corrected chi connectivity index (χ2v) is 7.02. The van der Waals surface area contributed by atoms with Crippen LogP contribution in [0.4, 0.5) is 10.5 Å². The van der Waals surface area contributed by atoms with Crippen molar-refractivity contribution in [2.45, 2.75) is 25.5 Å². The fourth-order valence-corrected chi connectivity index (χ4v) is 3.53. The van der Waals surface area contributed by atoms with E-state index in [1.165, 1.54) is 0 Å². The van der Waals surface area contributed by atoms with Gasteiger partial charge in [-0.1, -0.05) is 25.1 Å². The van der Waals surface area contributed by atoms with E-state index in [1.807, 2.05) is 54.6 Å². The lowest BCUT2D eigenvalue weighted by atomic mass is 9.93. The number of nitrogens with one attached hydrogen (secondary N) is 2. The lowest BCUT2D eigenvalue weighted by molar-refractivity contribution is 0.215. The molecular weight excluding hydrogens is 366 g/mol. The van der Waals surface area contributed by atoms with E-state index < -0.39 is 0 Å². The van der Waals surface area contributed by atoms with E-state index in [-0.39, 0.29) is 18.1 Å². The van der Waals surface area contributed by atoms with E-state index in [0.717, 1.165) is 28.2 Å². The van der Waals surface area contributed by atoms with Gasteiger partial charge in [-0.2, -0.15) is 0 Å². The molecule has 2 N–H and O–H groups in total. The van der Waals surface area contributed by atoms with E-state index in [9.17, 15) is 4.79 Å². The Morgan fingerprint density at radius 2 is 1.97 bits per heavy atom. The van der Waals surface area contributed by atoms with Crippen LogP contribution in [0.15, 0.2) is 67.0 Å². The van der Waals surface area contributed by atoms with Crippen molar-refractivity contribution in [2.24, 2.45) is 0 Å². The number of hydrogen-bond donors (Lipinski definition) is 2. The lowest BCUT2D eigenvalue weighted by Gasteiger charge is -2.16. The Kier molecular flexibility index (Phi) is 5.33. The summed E-state index contributed by atoms with van der Waals surface area (Å²) in [7, 11) is 1.66. The number of fused-ring (bicyclic) bond motifs is 1. The fourth-order valence-electron chi connectivity index (χ4n) is 3.53. The van der Waals surface area contributed by atoms with Gasteiger partial charge in [0.25, 0.3) is 0 Å². The number of nitrogens with zero attached hydrogens (tertiary/aromatic N) is 1. The van der Waals surface area contributed by atoms with Crippen molar-refractivity contribution < 1.29 is 14.3 Å². The Hall–Kier alpha value is -3.54. The van der Waals surface area contributed by atoms with Gasteiger partial charge in [0.05, 0.1) is 7.11 Å². The summed E-state index contributed by atoms with van der Waals surface area (Å²) >= 11 is 0. The molecule has 2 aromatic carbocycles. The lowest BCUT2D eigenvalue weighted by Crippen LogP contribution is -2.28. The van der Waals surface area contributed by atoms with E-state index in [1.54, 1.807) is 19.5 Å². The topological polar surface area (TPSA) is 72.5 Å². The third-order valence-electron chi connectivity index (χ3n) is 5.09. The van der Waals surface area contributed by atoms with Crippen molar-refractivity contribution in [3.05, 3.63) is 83.7 Å². The molecule has 29 heavy (non-hydrogen) atoms. The highest BCUT2D eigenvalue weighted by molar-refractivity contribution is 5.89. The first-order valence-corrected chi connectivity index (χ1v) is 9.52. The summed E-state index contributed by atoms with van der Waals surface area (Å²) in [6.07, 6.45) is 3.31. The number of ether oxygens (including phenoxy) is 2. The van der Waals surface area contributed by atoms with Crippen LogP contribution in [0.25, 0.3) is 0 Å². The molecule has 4 rings (SSSR count). The number of carbonyl (C=O) groups excluding carboxylic acids is 1. The van der Waals surface area contributed by atoms with Crippen molar-refractivity contribution in [1.29, 1.82) is 0 Å². The maximum absolute atomic E-state index is 12.2. The minimum absolute atomic E-state index is 0.0872. The first-order valence-electron chi connectivity index (χ1n) is 9.52. The molecule has 0 aliphatic carbocycles. The monoisotopic (exact) mass is 389 g/mol. The molecular formula is C23H23N3O3. The molecule has 1 aliphatic rings. The molecule has 1 aliphatic heterocycles. The Morgan fingerprint density at radius 3 is 2.76 bits per heavy atom. The summed E-state index contributed by atoms with van der Waals surface area (Å²) in [6, 6.07) is 17.2. The highest BCUT2D eigenvalue weighted by atomic mass is 16.5. The highest BCUT2D eigenvalue weighted by Gasteiger charge is 2.32. The third kappa shape index (κ3) is 4.16. The van der Waals surface area contributed by atoms with Gasteiger partial charge in [0, 0.05) is 42.2 Å². The number of hydrogen-bond acceptors (Lipinski definition) is 4. The van der Waals surface area contributed by atoms with Gasteiger partial charge in [0.1, 0.15) is 17.6 Å². The molecule has 0 spiro atoms. The first kappa shape index (κ1) is 18.8. The number of methoxy groups -OCH3 is 1. The Morgan fingerprint density at radius 1 is 1.14 bits per heavy atom. The van der Waals surface area contributed by atoms with Gasteiger partial charge in [0.2, 0.25) is 0 Å². The van der Waals surface area contributed by atoms with Gasteiger partial charge in [-0.15, -0.1) is 0 Å². The Bertz CT molecular complexity index is 1010. The average molecular weight is 389 g/mol. The summed E-state index contributed by atoms with van der Waals surface area (Å²) in [4.78, 5) is 16.2. The van der Waals surface area contributed by atoms with Crippen LogP contribution < -0.4 is 20.1 Å². The second-order valence-electron chi connectivity index (χ2n) is 7.02. The molecule has 2 amide bonds. The predicted octanol–water partition coefficient (Wildman–Crippen LogP) is 4.65. The van der Waals surface area contributed by atoms with Gasteiger partial charge in [0.15, 0.2) is 0 Å². The van der Waals surface area contributed by atoms with E-state index in [4.69, 9.17) is 9.47 Å². The van der Waals surface area contributed by atoms with Crippen LogP contribution in [-0.2, 0) is 6.54 Å². The quantitative estimate of drug-likeness (QED) is 0.666. The van der Waals surface area contributed by atoms with Crippen LogP contribution in [0.2, 0.25) is 0 Å². The normalized spacial score (nSPS) is 17.2. The van der Waals surface area contributed by atoms with Gasteiger partial charge in [-0.05, 0) is 41.5 Å². The minimum Gasteiger partial charge on any atom is -0.497 e. The summed E-state index contributed by atoms with van der Waals surface area (Å²) in [6.45, 7) is 2.58. The molecule has 6 heteroatoms. The summed E-state index contributed by atoms with van der Waals surface area (Å²) < 4.78 is 11.6. The zero-order valence-corrected chi connectivity index (χ0v) is 16.4. The zero-order chi connectivity index (χ0) is 20.2. The SMILES string of the molecule is COc1cccc([C@H]2Oc3cc(NC(=O)NCc4ccncc4)ccc3[C@@H]2C)c1. The highest BCUT2D eigenvalue weighted by Crippen LogP contribution is 2.47. The first-order chi connectivity index (χ1) is 14.1. The van der Waals surface area contributed by atoms with E-state index in [0.29, 0.717) is 12.2 Å². The van der Waals surface area contributed by atoms with Crippen LogP contribution in [0.5, 0.6) is 11.5 Å². The molecule has 0 fully saturated rings. The van der Waals surface area contributed by atoms with Crippen molar-refractivity contribution in [3.8, 4) is 11.5 Å². The van der Waals surface area contributed by atoms with Crippen molar-refractivity contribution in [2.75, 3.05) is 12.4 Å². The second kappa shape index (κ2) is 8.22. The van der Waals surface area contributed by atoms with Gasteiger partial charge in [-0.25, -0.2) is 4.79 Å². The summed E-state index contributed by atoms with van der Waals surface area (Å²) in [5, 5.41) is 5.70. The number of aromatic nitrogens is 1. The van der Waals surface area contributed by atoms with Gasteiger partial charge in [-0.3, -0.25) is 4.98 Å². The number of benzene rings is 2. The fraction of sp³-hybridized carbons (Fsp3) is 0.217. The maximum Gasteiger partial charge on any atom is 0.319 e. The summed E-state index contributed by atoms with van der Waals surface area (Å²) in [5.74, 6) is 1.80. The molecule has 0 radical (unpaired) electrons. The smallest absolute Gasteiger partial charge is 0.319 e.